The lowest BCUT2D eigenvalue weighted by Crippen LogP contribution is -2.47. The van der Waals surface area contributed by atoms with Crippen LogP contribution in [0.5, 0.6) is 5.88 Å². The molecule has 138 valence electrons. The van der Waals surface area contributed by atoms with Gasteiger partial charge in [-0.25, -0.2) is 15.0 Å². The summed E-state index contributed by atoms with van der Waals surface area (Å²) in [6.45, 7) is 4.10. The van der Waals surface area contributed by atoms with Gasteiger partial charge in [-0.15, -0.1) is 0 Å². The van der Waals surface area contributed by atoms with Crippen LogP contribution in [0.3, 0.4) is 0 Å². The zero-order valence-corrected chi connectivity index (χ0v) is 15.5. The average Bonchev–Trinajstić information content (AvgIpc) is 2.70. The molecule has 0 spiro atoms. The van der Waals surface area contributed by atoms with Crippen molar-refractivity contribution in [1.29, 1.82) is 5.26 Å². The van der Waals surface area contributed by atoms with Gasteiger partial charge in [0.2, 0.25) is 5.88 Å². The van der Waals surface area contributed by atoms with Gasteiger partial charge in [-0.3, -0.25) is 0 Å². The van der Waals surface area contributed by atoms with Crippen LogP contribution in [0, 0.1) is 23.2 Å². The van der Waals surface area contributed by atoms with Crippen molar-refractivity contribution in [2.24, 2.45) is 11.8 Å². The number of aliphatic hydroxyl groups is 1. The highest BCUT2D eigenvalue weighted by atomic mass is 16.5. The van der Waals surface area contributed by atoms with Gasteiger partial charge >= 0.3 is 0 Å². The van der Waals surface area contributed by atoms with Gasteiger partial charge in [0.05, 0.1) is 36.1 Å². The van der Waals surface area contributed by atoms with Crippen molar-refractivity contribution in [2.75, 3.05) is 7.11 Å². The Morgan fingerprint density at radius 1 is 1.30 bits per heavy atom. The van der Waals surface area contributed by atoms with E-state index in [1.54, 1.807) is 19.5 Å². The maximum atomic E-state index is 10.5. The van der Waals surface area contributed by atoms with E-state index < -0.39 is 11.5 Å². The number of aromatic nitrogens is 4. The van der Waals surface area contributed by atoms with Gasteiger partial charge in [-0.2, -0.15) is 10.2 Å². The van der Waals surface area contributed by atoms with E-state index in [-0.39, 0.29) is 11.8 Å². The highest BCUT2D eigenvalue weighted by Gasteiger charge is 2.49. The van der Waals surface area contributed by atoms with Crippen molar-refractivity contribution in [3.63, 3.8) is 0 Å². The van der Waals surface area contributed by atoms with Gasteiger partial charge < -0.3 is 9.84 Å². The van der Waals surface area contributed by atoms with Crippen molar-refractivity contribution in [3.8, 4) is 23.3 Å². The van der Waals surface area contributed by atoms with E-state index in [1.165, 1.54) is 6.33 Å². The summed E-state index contributed by atoms with van der Waals surface area (Å²) in [5, 5.41) is 20.0. The van der Waals surface area contributed by atoms with Crippen LogP contribution in [-0.4, -0.2) is 38.3 Å². The molecule has 0 saturated carbocycles. The monoisotopic (exact) mass is 363 g/mol. The van der Waals surface area contributed by atoms with Crippen LogP contribution in [0.15, 0.2) is 30.4 Å². The lowest BCUT2D eigenvalue weighted by atomic mass is 9.57. The molecule has 0 bridgehead atoms. The SMILES string of the molecule is COc1nc(-c2cncnc2)nc2c1CCC1C(C)C(O)C(C#N)=CC21C. The minimum absolute atomic E-state index is 0.0349. The number of hydrogen-bond donors (Lipinski definition) is 1. The Balaban J connectivity index is 1.96. The number of nitrogens with zero attached hydrogens (tertiary/aromatic N) is 5. The zero-order valence-electron chi connectivity index (χ0n) is 15.5. The number of fused-ring (bicyclic) bond motifs is 3. The van der Waals surface area contributed by atoms with Crippen molar-refractivity contribution in [1.82, 2.24) is 19.9 Å². The van der Waals surface area contributed by atoms with Crippen LogP contribution < -0.4 is 4.74 Å². The van der Waals surface area contributed by atoms with E-state index in [9.17, 15) is 10.4 Å². The van der Waals surface area contributed by atoms with E-state index >= 15 is 0 Å². The Hall–Kier alpha value is -2.85. The van der Waals surface area contributed by atoms with E-state index in [0.717, 1.165) is 24.1 Å². The molecule has 1 N–H and O–H groups in total. The Bertz CT molecular complexity index is 953. The Morgan fingerprint density at radius 3 is 2.70 bits per heavy atom. The molecule has 2 aliphatic rings. The molecule has 0 fully saturated rings. The molecular weight excluding hydrogens is 342 g/mol. The minimum Gasteiger partial charge on any atom is -0.481 e. The second kappa shape index (κ2) is 6.39. The first-order valence-corrected chi connectivity index (χ1v) is 9.01. The lowest BCUT2D eigenvalue weighted by Gasteiger charge is -2.47. The van der Waals surface area contributed by atoms with E-state index in [4.69, 9.17) is 9.72 Å². The van der Waals surface area contributed by atoms with E-state index in [2.05, 4.69) is 27.9 Å². The summed E-state index contributed by atoms with van der Waals surface area (Å²) in [6.07, 6.45) is 7.60. The molecule has 7 nitrogen and oxygen atoms in total. The quantitative estimate of drug-likeness (QED) is 0.872. The van der Waals surface area contributed by atoms with Crippen molar-refractivity contribution >= 4 is 0 Å². The van der Waals surface area contributed by atoms with Gasteiger partial charge in [-0.05, 0) is 24.7 Å². The van der Waals surface area contributed by atoms with Gasteiger partial charge in [0.25, 0.3) is 0 Å². The number of nitriles is 1. The highest BCUT2D eigenvalue weighted by Crippen LogP contribution is 2.51. The van der Waals surface area contributed by atoms with E-state index in [0.29, 0.717) is 22.8 Å². The molecule has 27 heavy (non-hydrogen) atoms. The number of methoxy groups -OCH3 is 1. The summed E-state index contributed by atoms with van der Waals surface area (Å²) in [5.74, 6) is 1.19. The standard InChI is InChI=1S/C20H21N5O2/c1-11-15-5-4-14-17(20(15,2)6-12(7-21)16(11)26)24-18(25-19(14)27-3)13-8-22-10-23-9-13/h6,8-11,15-16,26H,4-5H2,1-3H3. The third-order valence-corrected chi connectivity index (χ3v) is 6.00. The van der Waals surface area contributed by atoms with Gasteiger partial charge in [-0.1, -0.05) is 19.9 Å². The number of ether oxygens (including phenoxy) is 1. The number of hydrogen-bond acceptors (Lipinski definition) is 7. The van der Waals surface area contributed by atoms with Crippen LogP contribution in [-0.2, 0) is 11.8 Å². The Morgan fingerprint density at radius 2 is 2.04 bits per heavy atom. The third-order valence-electron chi connectivity index (χ3n) is 6.00. The first-order chi connectivity index (χ1) is 13.0. The van der Waals surface area contributed by atoms with Crippen molar-refractivity contribution < 1.29 is 9.84 Å². The predicted octanol–water partition coefficient (Wildman–Crippen LogP) is 2.22. The summed E-state index contributed by atoms with van der Waals surface area (Å²) in [4.78, 5) is 17.5. The fourth-order valence-electron chi connectivity index (χ4n) is 4.62. The molecule has 2 aromatic rings. The number of aliphatic hydroxyl groups excluding tert-OH is 1. The van der Waals surface area contributed by atoms with Crippen molar-refractivity contribution in [2.45, 2.75) is 38.2 Å². The van der Waals surface area contributed by atoms with Crippen molar-refractivity contribution in [3.05, 3.63) is 41.6 Å². The number of allylic oxidation sites excluding steroid dienone is 1. The summed E-state index contributed by atoms with van der Waals surface area (Å²) < 4.78 is 5.57. The van der Waals surface area contributed by atoms with Crippen LogP contribution in [0.4, 0.5) is 0 Å². The highest BCUT2D eigenvalue weighted by molar-refractivity contribution is 5.56. The average molecular weight is 363 g/mol. The summed E-state index contributed by atoms with van der Waals surface area (Å²) in [5.41, 5.74) is 2.46. The Kier molecular flexibility index (Phi) is 4.16. The van der Waals surface area contributed by atoms with Crippen LogP contribution in [0.1, 0.15) is 31.5 Å². The molecule has 2 aromatic heterocycles. The van der Waals surface area contributed by atoms with E-state index in [1.807, 2.05) is 13.0 Å². The smallest absolute Gasteiger partial charge is 0.220 e. The normalized spacial score (nSPS) is 29.1. The molecule has 0 amide bonds. The third kappa shape index (κ3) is 2.60. The molecule has 0 aromatic carbocycles. The molecule has 2 heterocycles. The Labute approximate surface area is 157 Å². The fraction of sp³-hybridized carbons (Fsp3) is 0.450. The number of rotatable bonds is 2. The fourth-order valence-corrected chi connectivity index (χ4v) is 4.62. The molecule has 0 radical (unpaired) electrons. The summed E-state index contributed by atoms with van der Waals surface area (Å²) in [6, 6.07) is 2.16. The molecule has 4 unspecified atom stereocenters. The second-order valence-corrected chi connectivity index (χ2v) is 7.45. The molecule has 0 saturated heterocycles. The maximum absolute atomic E-state index is 10.5. The summed E-state index contributed by atoms with van der Waals surface area (Å²) >= 11 is 0. The van der Waals surface area contributed by atoms with Crippen LogP contribution >= 0.6 is 0 Å². The maximum Gasteiger partial charge on any atom is 0.220 e. The molecular formula is C20H21N5O2. The van der Waals surface area contributed by atoms with Crippen LogP contribution in [0.2, 0.25) is 0 Å². The zero-order chi connectivity index (χ0) is 19.2. The van der Waals surface area contributed by atoms with Crippen LogP contribution in [0.25, 0.3) is 11.4 Å². The lowest BCUT2D eigenvalue weighted by molar-refractivity contribution is 0.0664. The summed E-state index contributed by atoms with van der Waals surface area (Å²) in [7, 11) is 1.60. The van der Waals surface area contributed by atoms with Gasteiger partial charge in [0, 0.05) is 23.4 Å². The first kappa shape index (κ1) is 17.6. The molecule has 7 heteroatoms. The largest absolute Gasteiger partial charge is 0.481 e. The second-order valence-electron chi connectivity index (χ2n) is 7.45. The van der Waals surface area contributed by atoms with Gasteiger partial charge in [0.1, 0.15) is 6.33 Å². The molecule has 4 rings (SSSR count). The van der Waals surface area contributed by atoms with Gasteiger partial charge in [0.15, 0.2) is 5.82 Å². The molecule has 4 atom stereocenters. The topological polar surface area (TPSA) is 105 Å². The molecule has 0 aliphatic heterocycles. The minimum atomic E-state index is -0.736. The molecule has 2 aliphatic carbocycles. The predicted molar refractivity (Wildman–Crippen MR) is 97.6 cm³/mol. The first-order valence-electron chi connectivity index (χ1n) is 9.01.